The second-order valence-electron chi connectivity index (χ2n) is 4.36. The van der Waals surface area contributed by atoms with Crippen molar-refractivity contribution in [3.63, 3.8) is 0 Å². The quantitative estimate of drug-likeness (QED) is 0.796. The molecule has 0 aliphatic carbocycles. The summed E-state index contributed by atoms with van der Waals surface area (Å²) in [5.74, 6) is -0.372. The van der Waals surface area contributed by atoms with E-state index in [0.29, 0.717) is 37.6 Å². The fourth-order valence-corrected chi connectivity index (χ4v) is 2.87. The summed E-state index contributed by atoms with van der Waals surface area (Å²) in [6.07, 6.45) is 1.19. The highest BCUT2D eigenvalue weighted by molar-refractivity contribution is 7.88. The molecule has 1 fully saturated rings. The molecular formula is C11H16FN3O2S. The van der Waals surface area contributed by atoms with E-state index < -0.39 is 10.0 Å². The molecule has 1 aromatic carbocycles. The summed E-state index contributed by atoms with van der Waals surface area (Å²) in [7, 11) is -3.16. The highest BCUT2D eigenvalue weighted by Gasteiger charge is 2.24. The van der Waals surface area contributed by atoms with E-state index in [4.69, 9.17) is 5.73 Å². The molecule has 0 saturated carbocycles. The van der Waals surface area contributed by atoms with E-state index in [0.717, 1.165) is 0 Å². The lowest BCUT2D eigenvalue weighted by molar-refractivity contribution is 0.386. The molecule has 7 heteroatoms. The van der Waals surface area contributed by atoms with Crippen LogP contribution in [0.4, 0.5) is 15.8 Å². The number of halogens is 1. The molecule has 0 radical (unpaired) electrons. The van der Waals surface area contributed by atoms with Crippen LogP contribution < -0.4 is 10.6 Å². The molecule has 1 heterocycles. The highest BCUT2D eigenvalue weighted by Crippen LogP contribution is 2.23. The summed E-state index contributed by atoms with van der Waals surface area (Å²) in [5, 5.41) is 0. The largest absolute Gasteiger partial charge is 0.399 e. The summed E-state index contributed by atoms with van der Waals surface area (Å²) in [6.45, 7) is 1.72. The second kappa shape index (κ2) is 4.74. The number of piperazine rings is 1. The van der Waals surface area contributed by atoms with E-state index in [9.17, 15) is 12.8 Å². The summed E-state index contributed by atoms with van der Waals surface area (Å²) >= 11 is 0. The van der Waals surface area contributed by atoms with Crippen LogP contribution in [-0.4, -0.2) is 45.2 Å². The fraction of sp³-hybridized carbons (Fsp3) is 0.455. The van der Waals surface area contributed by atoms with E-state index in [2.05, 4.69) is 0 Å². The standard InChI is InChI=1S/C11H16FN3O2S/c1-18(16,17)15-6-4-14(5-7-15)11-3-2-9(13)8-10(11)12/h2-3,8H,4-7,13H2,1H3. The number of nitrogen functional groups attached to an aromatic ring is 1. The third kappa shape index (κ3) is 2.73. The van der Waals surface area contributed by atoms with Gasteiger partial charge in [0.2, 0.25) is 10.0 Å². The second-order valence-corrected chi connectivity index (χ2v) is 6.34. The maximum Gasteiger partial charge on any atom is 0.211 e. The minimum Gasteiger partial charge on any atom is -0.399 e. The number of anilines is 2. The van der Waals surface area contributed by atoms with Crippen molar-refractivity contribution < 1.29 is 12.8 Å². The van der Waals surface area contributed by atoms with Gasteiger partial charge in [0.1, 0.15) is 5.82 Å². The van der Waals surface area contributed by atoms with Gasteiger partial charge in [-0.1, -0.05) is 0 Å². The molecule has 18 heavy (non-hydrogen) atoms. The predicted molar refractivity (Wildman–Crippen MR) is 69.4 cm³/mol. The average Bonchev–Trinajstić information content (AvgIpc) is 2.28. The van der Waals surface area contributed by atoms with E-state index in [-0.39, 0.29) is 5.82 Å². The minimum atomic E-state index is -3.16. The van der Waals surface area contributed by atoms with Crippen LogP contribution in [0.2, 0.25) is 0 Å². The van der Waals surface area contributed by atoms with E-state index in [1.807, 2.05) is 4.90 Å². The van der Waals surface area contributed by atoms with E-state index >= 15 is 0 Å². The van der Waals surface area contributed by atoms with Crippen LogP contribution in [0.1, 0.15) is 0 Å². The van der Waals surface area contributed by atoms with Crippen LogP contribution in [-0.2, 0) is 10.0 Å². The molecule has 1 aliphatic rings. The first-order valence-electron chi connectivity index (χ1n) is 5.63. The number of benzene rings is 1. The molecule has 0 unspecified atom stereocenters. The Morgan fingerprint density at radius 1 is 1.22 bits per heavy atom. The lowest BCUT2D eigenvalue weighted by Gasteiger charge is -2.34. The Morgan fingerprint density at radius 2 is 1.83 bits per heavy atom. The zero-order valence-electron chi connectivity index (χ0n) is 10.1. The van der Waals surface area contributed by atoms with Gasteiger partial charge in [-0.2, -0.15) is 4.31 Å². The number of hydrogen-bond acceptors (Lipinski definition) is 4. The van der Waals surface area contributed by atoms with Crippen molar-refractivity contribution in [2.24, 2.45) is 0 Å². The van der Waals surface area contributed by atoms with Gasteiger partial charge in [0.15, 0.2) is 0 Å². The summed E-state index contributed by atoms with van der Waals surface area (Å²) in [4.78, 5) is 1.83. The van der Waals surface area contributed by atoms with E-state index in [1.54, 1.807) is 12.1 Å². The zero-order valence-corrected chi connectivity index (χ0v) is 11.0. The highest BCUT2D eigenvalue weighted by atomic mass is 32.2. The van der Waals surface area contributed by atoms with Gasteiger partial charge < -0.3 is 10.6 Å². The number of nitrogens with two attached hydrogens (primary N) is 1. The van der Waals surface area contributed by atoms with Crippen LogP contribution in [0.25, 0.3) is 0 Å². The van der Waals surface area contributed by atoms with Crippen LogP contribution in [0.3, 0.4) is 0 Å². The minimum absolute atomic E-state index is 0.372. The molecule has 0 amide bonds. The Morgan fingerprint density at radius 3 is 2.33 bits per heavy atom. The molecular weight excluding hydrogens is 257 g/mol. The Hall–Kier alpha value is -1.34. The summed E-state index contributed by atoms with van der Waals surface area (Å²) < 4.78 is 37.8. The molecule has 0 spiro atoms. The fourth-order valence-electron chi connectivity index (χ4n) is 2.04. The molecule has 5 nitrogen and oxygen atoms in total. The number of rotatable bonds is 2. The third-order valence-corrected chi connectivity index (χ3v) is 4.32. The maximum absolute atomic E-state index is 13.7. The first-order valence-corrected chi connectivity index (χ1v) is 7.48. The van der Waals surface area contributed by atoms with E-state index in [1.165, 1.54) is 16.6 Å². The first kappa shape index (κ1) is 13.1. The Labute approximate surface area is 106 Å². The molecule has 1 aliphatic heterocycles. The van der Waals surface area contributed by atoms with Gasteiger partial charge in [0.25, 0.3) is 0 Å². The number of hydrogen-bond donors (Lipinski definition) is 1. The topological polar surface area (TPSA) is 66.6 Å². The summed E-state index contributed by atoms with van der Waals surface area (Å²) in [5.41, 5.74) is 6.34. The lowest BCUT2D eigenvalue weighted by Crippen LogP contribution is -2.48. The zero-order chi connectivity index (χ0) is 13.3. The number of nitrogens with zero attached hydrogens (tertiary/aromatic N) is 2. The van der Waals surface area contributed by atoms with Gasteiger partial charge in [-0.25, -0.2) is 12.8 Å². The van der Waals surface area contributed by atoms with Gasteiger partial charge >= 0.3 is 0 Å². The molecule has 2 rings (SSSR count). The van der Waals surface area contributed by atoms with Crippen LogP contribution in [0.15, 0.2) is 18.2 Å². The molecule has 1 saturated heterocycles. The molecule has 0 bridgehead atoms. The molecule has 1 aromatic rings. The molecule has 0 aromatic heterocycles. The van der Waals surface area contributed by atoms with Gasteiger partial charge in [0, 0.05) is 31.9 Å². The van der Waals surface area contributed by atoms with Crippen LogP contribution in [0.5, 0.6) is 0 Å². The van der Waals surface area contributed by atoms with Crippen molar-refractivity contribution in [2.75, 3.05) is 43.1 Å². The first-order chi connectivity index (χ1) is 8.38. The molecule has 0 atom stereocenters. The van der Waals surface area contributed by atoms with Crippen LogP contribution in [0, 0.1) is 5.82 Å². The predicted octanol–water partition coefficient (Wildman–Crippen LogP) is 0.489. The smallest absolute Gasteiger partial charge is 0.211 e. The number of sulfonamides is 1. The van der Waals surface area contributed by atoms with Gasteiger partial charge in [0.05, 0.1) is 11.9 Å². The van der Waals surface area contributed by atoms with Crippen molar-refractivity contribution in [2.45, 2.75) is 0 Å². The van der Waals surface area contributed by atoms with Crippen LogP contribution >= 0.6 is 0 Å². The molecule has 100 valence electrons. The van der Waals surface area contributed by atoms with Gasteiger partial charge in [-0.3, -0.25) is 0 Å². The van der Waals surface area contributed by atoms with Crippen molar-refractivity contribution in [1.29, 1.82) is 0 Å². The van der Waals surface area contributed by atoms with Gasteiger partial charge in [-0.15, -0.1) is 0 Å². The Kier molecular flexibility index (Phi) is 3.45. The van der Waals surface area contributed by atoms with Gasteiger partial charge in [-0.05, 0) is 18.2 Å². The van der Waals surface area contributed by atoms with Crippen molar-refractivity contribution in [1.82, 2.24) is 4.31 Å². The average molecular weight is 273 g/mol. The SMILES string of the molecule is CS(=O)(=O)N1CCN(c2ccc(N)cc2F)CC1. The Balaban J connectivity index is 2.10. The van der Waals surface area contributed by atoms with Crippen molar-refractivity contribution in [3.05, 3.63) is 24.0 Å². The van der Waals surface area contributed by atoms with Crippen molar-refractivity contribution >= 4 is 21.4 Å². The Bertz CT molecular complexity index is 539. The molecule has 2 N–H and O–H groups in total. The monoisotopic (exact) mass is 273 g/mol. The maximum atomic E-state index is 13.7. The third-order valence-electron chi connectivity index (χ3n) is 3.02. The normalized spacial score (nSPS) is 18.0. The summed E-state index contributed by atoms with van der Waals surface area (Å²) in [6, 6.07) is 4.54. The lowest BCUT2D eigenvalue weighted by atomic mass is 10.2. The van der Waals surface area contributed by atoms with Crippen molar-refractivity contribution in [3.8, 4) is 0 Å².